The van der Waals surface area contributed by atoms with E-state index in [2.05, 4.69) is 59.8 Å². The lowest BCUT2D eigenvalue weighted by atomic mass is 9.53. The Morgan fingerprint density at radius 1 is 1.28 bits per heavy atom. The lowest BCUT2D eigenvalue weighted by molar-refractivity contribution is 0.00427. The van der Waals surface area contributed by atoms with E-state index in [1.807, 2.05) is 0 Å². The van der Waals surface area contributed by atoms with Crippen LogP contribution in [-0.4, -0.2) is 0 Å². The summed E-state index contributed by atoms with van der Waals surface area (Å²) in [5.74, 6) is 2.48. The van der Waals surface area contributed by atoms with Crippen LogP contribution in [0.25, 0.3) is 0 Å². The third-order valence-corrected chi connectivity index (χ3v) is 4.73. The van der Waals surface area contributed by atoms with E-state index in [9.17, 15) is 0 Å². The molecule has 1 aliphatic carbocycles. The molecule has 18 heavy (non-hydrogen) atoms. The van der Waals surface area contributed by atoms with Crippen LogP contribution in [0.3, 0.4) is 0 Å². The SMILES string of the molecule is CCC=CC=C(C)C(C(C)C)C1(C)CC(CC)C1. The zero-order chi connectivity index (χ0) is 13.8. The Hall–Kier alpha value is -0.520. The highest BCUT2D eigenvalue weighted by Crippen LogP contribution is 2.55. The Balaban J connectivity index is 2.78. The molecule has 104 valence electrons. The normalized spacial score (nSPS) is 30.8. The van der Waals surface area contributed by atoms with Crippen LogP contribution in [0.2, 0.25) is 0 Å². The van der Waals surface area contributed by atoms with Crippen molar-refractivity contribution < 1.29 is 0 Å². The molecular formula is C18H32. The topological polar surface area (TPSA) is 0 Å². The summed E-state index contributed by atoms with van der Waals surface area (Å²) in [6.45, 7) is 14.1. The van der Waals surface area contributed by atoms with Crippen LogP contribution in [0.5, 0.6) is 0 Å². The Morgan fingerprint density at radius 2 is 1.89 bits per heavy atom. The molecule has 1 rings (SSSR count). The standard InChI is InChI=1S/C18H32/c1-7-9-10-11-15(5)17(14(3)4)18(6)12-16(8-2)13-18/h9-11,14,16-17H,7-8,12-13H2,1-6H3. The van der Waals surface area contributed by atoms with Crippen molar-refractivity contribution in [2.24, 2.45) is 23.2 Å². The summed E-state index contributed by atoms with van der Waals surface area (Å²) in [5, 5.41) is 0. The quantitative estimate of drug-likeness (QED) is 0.506. The highest BCUT2D eigenvalue weighted by Gasteiger charge is 2.46. The first-order valence-electron chi connectivity index (χ1n) is 7.78. The average Bonchev–Trinajstić information content (AvgIpc) is 2.25. The summed E-state index contributed by atoms with van der Waals surface area (Å²) < 4.78 is 0. The van der Waals surface area contributed by atoms with E-state index in [1.54, 1.807) is 5.57 Å². The number of hydrogen-bond donors (Lipinski definition) is 0. The van der Waals surface area contributed by atoms with Crippen LogP contribution in [0.4, 0.5) is 0 Å². The molecular weight excluding hydrogens is 216 g/mol. The summed E-state index contributed by atoms with van der Waals surface area (Å²) in [7, 11) is 0. The summed E-state index contributed by atoms with van der Waals surface area (Å²) in [4.78, 5) is 0. The monoisotopic (exact) mass is 248 g/mol. The lowest BCUT2D eigenvalue weighted by Crippen LogP contribution is -2.43. The van der Waals surface area contributed by atoms with Crippen LogP contribution < -0.4 is 0 Å². The molecule has 0 aliphatic heterocycles. The van der Waals surface area contributed by atoms with Crippen LogP contribution in [-0.2, 0) is 0 Å². The van der Waals surface area contributed by atoms with Crippen molar-refractivity contribution in [2.45, 2.75) is 67.2 Å². The van der Waals surface area contributed by atoms with Gasteiger partial charge in [-0.2, -0.15) is 0 Å². The van der Waals surface area contributed by atoms with Crippen molar-refractivity contribution in [3.8, 4) is 0 Å². The van der Waals surface area contributed by atoms with Gasteiger partial charge in [-0.05, 0) is 49.4 Å². The van der Waals surface area contributed by atoms with E-state index in [0.29, 0.717) is 5.41 Å². The first-order valence-corrected chi connectivity index (χ1v) is 7.78. The molecule has 1 atom stereocenters. The zero-order valence-electron chi connectivity index (χ0n) is 13.3. The van der Waals surface area contributed by atoms with Crippen LogP contribution in [0.15, 0.2) is 23.8 Å². The van der Waals surface area contributed by atoms with Crippen molar-refractivity contribution in [3.63, 3.8) is 0 Å². The molecule has 0 N–H and O–H groups in total. The Bertz CT molecular complexity index is 300. The molecule has 0 aromatic heterocycles. The van der Waals surface area contributed by atoms with Gasteiger partial charge in [-0.1, -0.05) is 64.8 Å². The van der Waals surface area contributed by atoms with Crippen molar-refractivity contribution >= 4 is 0 Å². The van der Waals surface area contributed by atoms with Crippen LogP contribution >= 0.6 is 0 Å². The van der Waals surface area contributed by atoms with Gasteiger partial charge in [0.05, 0.1) is 0 Å². The first kappa shape index (κ1) is 15.5. The van der Waals surface area contributed by atoms with Crippen LogP contribution in [0, 0.1) is 23.2 Å². The van der Waals surface area contributed by atoms with Gasteiger partial charge in [0.1, 0.15) is 0 Å². The molecule has 0 radical (unpaired) electrons. The third-order valence-electron chi connectivity index (χ3n) is 4.73. The van der Waals surface area contributed by atoms with Gasteiger partial charge in [-0.25, -0.2) is 0 Å². The molecule has 0 saturated heterocycles. The minimum atomic E-state index is 0.551. The number of hydrogen-bond acceptors (Lipinski definition) is 0. The minimum absolute atomic E-state index is 0.551. The molecule has 0 heteroatoms. The van der Waals surface area contributed by atoms with Crippen molar-refractivity contribution in [3.05, 3.63) is 23.8 Å². The van der Waals surface area contributed by atoms with Gasteiger partial charge >= 0.3 is 0 Å². The second-order valence-electron chi connectivity index (χ2n) is 6.81. The molecule has 1 fully saturated rings. The van der Waals surface area contributed by atoms with Gasteiger partial charge in [0, 0.05) is 0 Å². The van der Waals surface area contributed by atoms with Gasteiger partial charge in [0.25, 0.3) is 0 Å². The molecule has 0 bridgehead atoms. The molecule has 0 amide bonds. The molecule has 0 nitrogen and oxygen atoms in total. The second-order valence-corrected chi connectivity index (χ2v) is 6.81. The third kappa shape index (κ3) is 3.49. The molecule has 0 heterocycles. The van der Waals surface area contributed by atoms with E-state index >= 15 is 0 Å². The summed E-state index contributed by atoms with van der Waals surface area (Å²) in [6.07, 6.45) is 12.2. The van der Waals surface area contributed by atoms with E-state index < -0.39 is 0 Å². The van der Waals surface area contributed by atoms with Gasteiger partial charge in [0.2, 0.25) is 0 Å². The fourth-order valence-corrected chi connectivity index (χ4v) is 4.14. The summed E-state index contributed by atoms with van der Waals surface area (Å²) in [5.41, 5.74) is 2.13. The van der Waals surface area contributed by atoms with Gasteiger partial charge in [0.15, 0.2) is 0 Å². The predicted molar refractivity (Wildman–Crippen MR) is 82.6 cm³/mol. The van der Waals surface area contributed by atoms with Gasteiger partial charge < -0.3 is 0 Å². The number of rotatable bonds is 6. The number of allylic oxidation sites excluding steroid dienone is 4. The molecule has 1 saturated carbocycles. The fourth-order valence-electron chi connectivity index (χ4n) is 4.14. The summed E-state index contributed by atoms with van der Waals surface area (Å²) in [6, 6.07) is 0. The fraction of sp³-hybridized carbons (Fsp3) is 0.778. The maximum atomic E-state index is 2.50. The van der Waals surface area contributed by atoms with E-state index in [0.717, 1.165) is 24.2 Å². The van der Waals surface area contributed by atoms with E-state index in [4.69, 9.17) is 0 Å². The van der Waals surface area contributed by atoms with E-state index in [-0.39, 0.29) is 0 Å². The second kappa shape index (κ2) is 6.59. The largest absolute Gasteiger partial charge is 0.0848 e. The lowest BCUT2D eigenvalue weighted by Gasteiger charge is -2.52. The average molecular weight is 248 g/mol. The highest BCUT2D eigenvalue weighted by molar-refractivity contribution is 5.18. The Morgan fingerprint density at radius 3 is 2.33 bits per heavy atom. The van der Waals surface area contributed by atoms with E-state index in [1.165, 1.54) is 19.3 Å². The van der Waals surface area contributed by atoms with Crippen LogP contribution in [0.1, 0.15) is 67.2 Å². The van der Waals surface area contributed by atoms with Crippen molar-refractivity contribution in [2.75, 3.05) is 0 Å². The zero-order valence-corrected chi connectivity index (χ0v) is 13.3. The highest BCUT2D eigenvalue weighted by atomic mass is 14.5. The minimum Gasteiger partial charge on any atom is -0.0848 e. The smallest absolute Gasteiger partial charge is 0.0126 e. The molecule has 0 spiro atoms. The Labute approximate surface area is 115 Å². The molecule has 1 aliphatic rings. The molecule has 0 aromatic rings. The van der Waals surface area contributed by atoms with Crippen molar-refractivity contribution in [1.82, 2.24) is 0 Å². The molecule has 1 unspecified atom stereocenters. The van der Waals surface area contributed by atoms with Gasteiger partial charge in [-0.3, -0.25) is 0 Å². The maximum Gasteiger partial charge on any atom is -0.0126 e. The Kier molecular flexibility index (Phi) is 5.69. The predicted octanol–water partition coefficient (Wildman–Crippen LogP) is 6.00. The van der Waals surface area contributed by atoms with Gasteiger partial charge in [-0.15, -0.1) is 0 Å². The summed E-state index contributed by atoms with van der Waals surface area (Å²) >= 11 is 0. The van der Waals surface area contributed by atoms with Crippen molar-refractivity contribution in [1.29, 1.82) is 0 Å². The maximum absolute atomic E-state index is 2.50. The first-order chi connectivity index (χ1) is 8.44. The molecule has 0 aromatic carbocycles.